The van der Waals surface area contributed by atoms with Gasteiger partial charge in [0.15, 0.2) is 5.82 Å². The molecule has 1 aliphatic heterocycles. The van der Waals surface area contributed by atoms with Gasteiger partial charge in [-0.1, -0.05) is 35.5 Å². The molecule has 0 aliphatic carbocycles. The zero-order valence-corrected chi connectivity index (χ0v) is 9.99. The number of hydrogen-bond donors (Lipinski definition) is 1. The third-order valence-corrected chi connectivity index (χ3v) is 3.41. The van der Waals surface area contributed by atoms with Gasteiger partial charge in [-0.25, -0.2) is 4.68 Å². The smallest absolute Gasteiger partial charge is 0.249 e. The molecule has 2 aromatic rings. The minimum atomic E-state index is -0.0313. The fraction of sp³-hybridized carbons (Fsp3) is 0.182. The third kappa shape index (κ3) is 1.80. The highest BCUT2D eigenvalue weighted by molar-refractivity contribution is 7.99. The largest absolute Gasteiger partial charge is 0.272 e. The van der Waals surface area contributed by atoms with Crippen molar-refractivity contribution < 1.29 is 4.79 Å². The number of rotatable bonds is 1. The van der Waals surface area contributed by atoms with Crippen molar-refractivity contribution in [1.29, 1.82) is 0 Å². The summed E-state index contributed by atoms with van der Waals surface area (Å²) in [5, 5.41) is 8.90. The minimum Gasteiger partial charge on any atom is -0.272 e. The van der Waals surface area contributed by atoms with E-state index in [9.17, 15) is 4.79 Å². The van der Waals surface area contributed by atoms with Crippen LogP contribution in [-0.2, 0) is 4.79 Å². The summed E-state index contributed by atoms with van der Waals surface area (Å²) in [6.45, 7) is 2.02. The number of hydrogen-bond acceptors (Lipinski definition) is 4. The molecule has 0 saturated heterocycles. The number of thioether (sulfide) groups is 1. The summed E-state index contributed by atoms with van der Waals surface area (Å²) in [4.78, 5) is 11.4. The quantitative estimate of drug-likeness (QED) is 0.827. The van der Waals surface area contributed by atoms with Crippen LogP contribution in [0.25, 0.3) is 11.4 Å². The number of benzene rings is 1. The summed E-state index contributed by atoms with van der Waals surface area (Å²) in [7, 11) is 0. The van der Waals surface area contributed by atoms with E-state index in [1.54, 1.807) is 4.68 Å². The van der Waals surface area contributed by atoms with Gasteiger partial charge in [0, 0.05) is 5.56 Å². The monoisotopic (exact) mass is 246 g/mol. The van der Waals surface area contributed by atoms with Crippen LogP contribution in [0.2, 0.25) is 0 Å². The van der Waals surface area contributed by atoms with E-state index in [0.717, 1.165) is 16.3 Å². The molecule has 0 saturated carbocycles. The van der Waals surface area contributed by atoms with Crippen molar-refractivity contribution in [2.24, 2.45) is 0 Å². The first-order chi connectivity index (χ1) is 8.24. The van der Waals surface area contributed by atoms with E-state index in [2.05, 4.69) is 15.6 Å². The summed E-state index contributed by atoms with van der Waals surface area (Å²) < 4.78 is 1.64. The van der Waals surface area contributed by atoms with Crippen molar-refractivity contribution in [3.63, 3.8) is 0 Å². The van der Waals surface area contributed by atoms with Gasteiger partial charge in [-0.15, -0.1) is 10.2 Å². The van der Waals surface area contributed by atoms with E-state index >= 15 is 0 Å². The molecular formula is C11H10N4OS. The first kappa shape index (κ1) is 10.3. The zero-order chi connectivity index (χ0) is 11.8. The van der Waals surface area contributed by atoms with Crippen LogP contribution in [0.1, 0.15) is 5.56 Å². The average Bonchev–Trinajstić information content (AvgIpc) is 2.71. The van der Waals surface area contributed by atoms with Gasteiger partial charge in [-0.05, 0) is 13.0 Å². The summed E-state index contributed by atoms with van der Waals surface area (Å²) in [6, 6.07) is 7.95. The van der Waals surface area contributed by atoms with E-state index in [1.165, 1.54) is 11.8 Å². The Morgan fingerprint density at radius 2 is 2.29 bits per heavy atom. The number of aryl methyl sites for hydroxylation is 1. The molecule has 5 nitrogen and oxygen atoms in total. The Bertz CT molecular complexity index is 593. The Kier molecular flexibility index (Phi) is 2.36. The van der Waals surface area contributed by atoms with Crippen LogP contribution in [0.3, 0.4) is 0 Å². The maximum absolute atomic E-state index is 11.4. The lowest BCUT2D eigenvalue weighted by molar-refractivity contribution is -0.114. The third-order valence-electron chi connectivity index (χ3n) is 2.48. The average molecular weight is 246 g/mol. The molecule has 1 amide bonds. The van der Waals surface area contributed by atoms with Gasteiger partial charge in [0.1, 0.15) is 0 Å². The molecule has 3 rings (SSSR count). The standard InChI is InChI=1S/C11H10N4OS/c1-7-3-2-4-8(5-7)10-12-13-11-15(10)14-9(16)6-17-11/h2-5H,6H2,1H3,(H,14,16). The molecule has 1 aromatic heterocycles. The minimum absolute atomic E-state index is 0.0313. The molecule has 0 fully saturated rings. The normalized spacial score (nSPS) is 14.3. The number of amides is 1. The van der Waals surface area contributed by atoms with Crippen LogP contribution in [0.15, 0.2) is 29.4 Å². The first-order valence-electron chi connectivity index (χ1n) is 5.19. The highest BCUT2D eigenvalue weighted by Crippen LogP contribution is 2.25. The zero-order valence-electron chi connectivity index (χ0n) is 9.17. The molecule has 2 heterocycles. The maximum Gasteiger partial charge on any atom is 0.249 e. The molecule has 0 atom stereocenters. The van der Waals surface area contributed by atoms with Gasteiger partial charge in [-0.3, -0.25) is 10.2 Å². The Morgan fingerprint density at radius 3 is 3.12 bits per heavy atom. The SMILES string of the molecule is Cc1cccc(-c2nnc3n2NC(=O)CS3)c1. The van der Waals surface area contributed by atoms with Crippen LogP contribution in [-0.4, -0.2) is 26.5 Å². The summed E-state index contributed by atoms with van der Waals surface area (Å²) in [5.74, 6) is 1.03. The predicted octanol–water partition coefficient (Wildman–Crippen LogP) is 1.43. The molecule has 6 heteroatoms. The Morgan fingerprint density at radius 1 is 1.41 bits per heavy atom. The second kappa shape index (κ2) is 3.89. The van der Waals surface area contributed by atoms with E-state index < -0.39 is 0 Å². The molecule has 1 aromatic carbocycles. The Labute approximate surface area is 102 Å². The number of fused-ring (bicyclic) bond motifs is 1. The van der Waals surface area contributed by atoms with E-state index in [4.69, 9.17) is 0 Å². The van der Waals surface area contributed by atoms with Crippen LogP contribution in [0, 0.1) is 6.92 Å². The van der Waals surface area contributed by atoms with Gasteiger partial charge in [-0.2, -0.15) is 0 Å². The molecule has 17 heavy (non-hydrogen) atoms. The number of carbonyl (C=O) groups is 1. The van der Waals surface area contributed by atoms with Gasteiger partial charge in [0.05, 0.1) is 5.75 Å². The molecule has 86 valence electrons. The van der Waals surface area contributed by atoms with Crippen molar-refractivity contribution >= 4 is 17.7 Å². The summed E-state index contributed by atoms with van der Waals surface area (Å²) in [6.07, 6.45) is 0. The van der Waals surface area contributed by atoms with Crippen LogP contribution in [0.4, 0.5) is 0 Å². The fourth-order valence-electron chi connectivity index (χ4n) is 1.72. The van der Waals surface area contributed by atoms with Crippen LogP contribution >= 0.6 is 11.8 Å². The van der Waals surface area contributed by atoms with Crippen molar-refractivity contribution in [3.05, 3.63) is 29.8 Å². The van der Waals surface area contributed by atoms with Crippen molar-refractivity contribution in [2.45, 2.75) is 12.1 Å². The highest BCUT2D eigenvalue weighted by atomic mass is 32.2. The second-order valence-corrected chi connectivity index (χ2v) is 4.78. The Hall–Kier alpha value is -1.82. The molecule has 0 bridgehead atoms. The molecule has 1 aliphatic rings. The number of nitrogens with one attached hydrogen (secondary N) is 1. The Balaban J connectivity index is 2.10. The second-order valence-electron chi connectivity index (χ2n) is 3.83. The first-order valence-corrected chi connectivity index (χ1v) is 6.18. The summed E-state index contributed by atoms with van der Waals surface area (Å²) in [5.41, 5.74) is 4.86. The van der Waals surface area contributed by atoms with Crippen LogP contribution in [0.5, 0.6) is 0 Å². The number of nitrogens with zero attached hydrogens (tertiary/aromatic N) is 3. The van der Waals surface area contributed by atoms with Crippen molar-refractivity contribution in [1.82, 2.24) is 14.9 Å². The van der Waals surface area contributed by atoms with E-state index in [-0.39, 0.29) is 5.91 Å². The summed E-state index contributed by atoms with van der Waals surface area (Å²) >= 11 is 1.39. The molecule has 0 spiro atoms. The van der Waals surface area contributed by atoms with Crippen molar-refractivity contribution in [2.75, 3.05) is 11.2 Å². The van der Waals surface area contributed by atoms with E-state index in [0.29, 0.717) is 11.6 Å². The molecule has 0 radical (unpaired) electrons. The molecule has 0 unspecified atom stereocenters. The van der Waals surface area contributed by atoms with E-state index in [1.807, 2.05) is 31.2 Å². The topological polar surface area (TPSA) is 59.8 Å². The fourth-order valence-corrected chi connectivity index (χ4v) is 2.41. The number of carbonyl (C=O) groups excluding carboxylic acids is 1. The van der Waals surface area contributed by atoms with Gasteiger partial charge >= 0.3 is 0 Å². The van der Waals surface area contributed by atoms with Gasteiger partial charge in [0.2, 0.25) is 11.1 Å². The van der Waals surface area contributed by atoms with Gasteiger partial charge < -0.3 is 0 Å². The molecule has 1 N–H and O–H groups in total. The van der Waals surface area contributed by atoms with Crippen molar-refractivity contribution in [3.8, 4) is 11.4 Å². The lowest BCUT2D eigenvalue weighted by Crippen LogP contribution is -2.29. The highest BCUT2D eigenvalue weighted by Gasteiger charge is 2.21. The molecular weight excluding hydrogens is 236 g/mol. The lowest BCUT2D eigenvalue weighted by Gasteiger charge is -2.15. The predicted molar refractivity (Wildman–Crippen MR) is 65.3 cm³/mol. The van der Waals surface area contributed by atoms with Crippen LogP contribution < -0.4 is 5.43 Å². The number of aromatic nitrogens is 3. The lowest BCUT2D eigenvalue weighted by atomic mass is 10.1. The van der Waals surface area contributed by atoms with Gasteiger partial charge in [0.25, 0.3) is 0 Å². The maximum atomic E-state index is 11.4.